The van der Waals surface area contributed by atoms with Crippen molar-refractivity contribution in [2.24, 2.45) is 0 Å². The Kier molecular flexibility index (Phi) is 5.84. The number of aromatic nitrogens is 1. The highest BCUT2D eigenvalue weighted by Crippen LogP contribution is 2.13. The fourth-order valence-corrected chi connectivity index (χ4v) is 2.49. The van der Waals surface area contributed by atoms with Crippen LogP contribution in [0.15, 0.2) is 18.3 Å². The molecule has 1 aliphatic heterocycles. The summed E-state index contributed by atoms with van der Waals surface area (Å²) in [5, 5.41) is 3.34. The molecule has 20 heavy (non-hydrogen) atoms. The van der Waals surface area contributed by atoms with Gasteiger partial charge in [0.2, 0.25) is 0 Å². The zero-order valence-corrected chi connectivity index (χ0v) is 12.4. The second-order valence-electron chi connectivity index (χ2n) is 5.42. The van der Waals surface area contributed by atoms with Gasteiger partial charge >= 0.3 is 0 Å². The lowest BCUT2D eigenvalue weighted by Gasteiger charge is -2.26. The lowest BCUT2D eigenvalue weighted by Crippen LogP contribution is -2.36. The third-order valence-electron chi connectivity index (χ3n) is 3.74. The summed E-state index contributed by atoms with van der Waals surface area (Å²) in [7, 11) is 0. The number of likely N-dealkylation sites (tertiary alicyclic amines) is 1. The lowest BCUT2D eigenvalue weighted by molar-refractivity contribution is 0.0718. The van der Waals surface area contributed by atoms with Gasteiger partial charge in [0.25, 0.3) is 5.91 Å². The van der Waals surface area contributed by atoms with Crippen LogP contribution in [-0.2, 0) is 0 Å². The van der Waals surface area contributed by atoms with Crippen molar-refractivity contribution in [1.82, 2.24) is 9.88 Å². The van der Waals surface area contributed by atoms with Crippen LogP contribution < -0.4 is 5.32 Å². The first-order valence-corrected chi connectivity index (χ1v) is 7.80. The molecule has 1 aromatic heterocycles. The summed E-state index contributed by atoms with van der Waals surface area (Å²) in [6, 6.07) is 3.79. The Balaban J connectivity index is 1.85. The van der Waals surface area contributed by atoms with E-state index in [9.17, 15) is 4.79 Å². The zero-order valence-electron chi connectivity index (χ0n) is 12.4. The first kappa shape index (κ1) is 14.8. The normalized spacial score (nSPS) is 15.2. The Labute approximate surface area is 121 Å². The minimum Gasteiger partial charge on any atom is -0.384 e. The molecule has 0 radical (unpaired) electrons. The lowest BCUT2D eigenvalue weighted by atomic mass is 10.1. The van der Waals surface area contributed by atoms with Crippen LogP contribution in [0, 0.1) is 0 Å². The minimum absolute atomic E-state index is 0.0715. The molecule has 1 fully saturated rings. The molecule has 2 heterocycles. The van der Waals surface area contributed by atoms with Crippen LogP contribution >= 0.6 is 0 Å². The Hall–Kier alpha value is -1.58. The van der Waals surface area contributed by atoms with Crippen molar-refractivity contribution in [3.63, 3.8) is 0 Å². The number of carbonyl (C=O) groups excluding carboxylic acids is 1. The minimum atomic E-state index is 0.0715. The number of hydrogen-bond acceptors (Lipinski definition) is 3. The van der Waals surface area contributed by atoms with Crippen LogP contribution in [-0.4, -0.2) is 35.4 Å². The van der Waals surface area contributed by atoms with Gasteiger partial charge in [-0.25, -0.2) is 4.98 Å². The standard InChI is InChI=1S/C16H25N3O/c1-2-3-5-10-17-14-8-9-15(18-13-14)16(20)19-11-6-4-7-12-19/h8-9,13,17H,2-7,10-12H2,1H3. The first-order valence-electron chi connectivity index (χ1n) is 7.80. The number of piperidine rings is 1. The Morgan fingerprint density at radius 3 is 2.70 bits per heavy atom. The predicted octanol–water partition coefficient (Wildman–Crippen LogP) is 3.31. The monoisotopic (exact) mass is 275 g/mol. The van der Waals surface area contributed by atoms with Crippen LogP contribution in [0.2, 0.25) is 0 Å². The van der Waals surface area contributed by atoms with Crippen LogP contribution in [0.5, 0.6) is 0 Å². The summed E-state index contributed by atoms with van der Waals surface area (Å²) >= 11 is 0. The smallest absolute Gasteiger partial charge is 0.272 e. The topological polar surface area (TPSA) is 45.2 Å². The number of pyridine rings is 1. The third kappa shape index (κ3) is 4.22. The maximum Gasteiger partial charge on any atom is 0.272 e. The van der Waals surface area contributed by atoms with Crippen molar-refractivity contribution in [3.05, 3.63) is 24.0 Å². The fraction of sp³-hybridized carbons (Fsp3) is 0.625. The van der Waals surface area contributed by atoms with Crippen molar-refractivity contribution >= 4 is 11.6 Å². The van der Waals surface area contributed by atoms with Gasteiger partial charge in [0.15, 0.2) is 0 Å². The summed E-state index contributed by atoms with van der Waals surface area (Å²) in [6.45, 7) is 4.91. The molecule has 110 valence electrons. The molecule has 0 atom stereocenters. The fourth-order valence-electron chi connectivity index (χ4n) is 2.49. The average Bonchev–Trinajstić information content (AvgIpc) is 2.52. The highest BCUT2D eigenvalue weighted by Gasteiger charge is 2.18. The number of hydrogen-bond donors (Lipinski definition) is 1. The zero-order chi connectivity index (χ0) is 14.2. The van der Waals surface area contributed by atoms with Gasteiger partial charge in [0, 0.05) is 19.6 Å². The van der Waals surface area contributed by atoms with E-state index in [4.69, 9.17) is 0 Å². The molecule has 0 aliphatic carbocycles. The molecule has 0 spiro atoms. The molecule has 0 aromatic carbocycles. The summed E-state index contributed by atoms with van der Waals surface area (Å²) in [6.07, 6.45) is 8.87. The van der Waals surface area contributed by atoms with Crippen molar-refractivity contribution in [3.8, 4) is 0 Å². The number of nitrogens with one attached hydrogen (secondary N) is 1. The summed E-state index contributed by atoms with van der Waals surface area (Å²) < 4.78 is 0. The number of amides is 1. The highest BCUT2D eigenvalue weighted by atomic mass is 16.2. The highest BCUT2D eigenvalue weighted by molar-refractivity contribution is 5.92. The average molecular weight is 275 g/mol. The molecular formula is C16H25N3O. The molecule has 0 unspecified atom stereocenters. The SMILES string of the molecule is CCCCCNc1ccc(C(=O)N2CCCCC2)nc1. The Bertz CT molecular complexity index is 410. The van der Waals surface area contributed by atoms with Crippen LogP contribution in [0.25, 0.3) is 0 Å². The summed E-state index contributed by atoms with van der Waals surface area (Å²) in [4.78, 5) is 18.5. The van der Waals surface area contributed by atoms with Gasteiger partial charge in [-0.1, -0.05) is 19.8 Å². The largest absolute Gasteiger partial charge is 0.384 e. The molecule has 1 aromatic rings. The number of unbranched alkanes of at least 4 members (excludes halogenated alkanes) is 2. The number of nitrogens with zero attached hydrogens (tertiary/aromatic N) is 2. The molecule has 2 rings (SSSR count). The summed E-state index contributed by atoms with van der Waals surface area (Å²) in [5.41, 5.74) is 1.56. The van der Waals surface area contributed by atoms with E-state index in [1.165, 1.54) is 25.7 Å². The molecule has 0 saturated carbocycles. The predicted molar refractivity (Wildman–Crippen MR) is 82.0 cm³/mol. The molecule has 0 bridgehead atoms. The number of rotatable bonds is 6. The van der Waals surface area contributed by atoms with Gasteiger partial charge in [0.05, 0.1) is 11.9 Å². The van der Waals surface area contributed by atoms with E-state index in [0.717, 1.165) is 38.2 Å². The van der Waals surface area contributed by atoms with Gasteiger partial charge in [-0.05, 0) is 37.8 Å². The van der Waals surface area contributed by atoms with Crippen LogP contribution in [0.4, 0.5) is 5.69 Å². The second kappa shape index (κ2) is 7.88. The molecule has 4 nitrogen and oxygen atoms in total. The van der Waals surface area contributed by atoms with Crippen molar-refractivity contribution in [2.45, 2.75) is 45.4 Å². The van der Waals surface area contributed by atoms with Gasteiger partial charge < -0.3 is 10.2 Å². The van der Waals surface area contributed by atoms with Crippen LogP contribution in [0.3, 0.4) is 0 Å². The molecule has 1 amide bonds. The molecule has 4 heteroatoms. The van der Waals surface area contributed by atoms with E-state index in [0.29, 0.717) is 5.69 Å². The van der Waals surface area contributed by atoms with Crippen LogP contribution in [0.1, 0.15) is 55.9 Å². The van der Waals surface area contributed by atoms with E-state index in [1.807, 2.05) is 17.0 Å². The Morgan fingerprint density at radius 1 is 1.25 bits per heavy atom. The third-order valence-corrected chi connectivity index (χ3v) is 3.74. The van der Waals surface area contributed by atoms with Crippen molar-refractivity contribution in [2.75, 3.05) is 25.0 Å². The van der Waals surface area contributed by atoms with Crippen molar-refractivity contribution < 1.29 is 4.79 Å². The Morgan fingerprint density at radius 2 is 2.05 bits per heavy atom. The van der Waals surface area contributed by atoms with E-state index in [-0.39, 0.29) is 5.91 Å². The van der Waals surface area contributed by atoms with Gasteiger partial charge in [0.1, 0.15) is 5.69 Å². The van der Waals surface area contributed by atoms with E-state index < -0.39 is 0 Å². The molecule has 1 aliphatic rings. The van der Waals surface area contributed by atoms with Crippen molar-refractivity contribution in [1.29, 1.82) is 0 Å². The van der Waals surface area contributed by atoms with E-state index in [2.05, 4.69) is 17.2 Å². The molecule has 1 N–H and O–H groups in total. The maximum absolute atomic E-state index is 12.3. The quantitative estimate of drug-likeness (QED) is 0.810. The molecular weight excluding hydrogens is 250 g/mol. The first-order chi connectivity index (χ1) is 9.81. The van der Waals surface area contributed by atoms with E-state index in [1.54, 1.807) is 6.20 Å². The van der Waals surface area contributed by atoms with E-state index >= 15 is 0 Å². The maximum atomic E-state index is 12.3. The number of anilines is 1. The van der Waals surface area contributed by atoms with Gasteiger partial charge in [-0.15, -0.1) is 0 Å². The van der Waals surface area contributed by atoms with Gasteiger partial charge in [-0.2, -0.15) is 0 Å². The summed E-state index contributed by atoms with van der Waals surface area (Å²) in [5.74, 6) is 0.0715. The van der Waals surface area contributed by atoms with Gasteiger partial charge in [-0.3, -0.25) is 4.79 Å². The molecule has 1 saturated heterocycles. The number of carbonyl (C=O) groups is 1. The second-order valence-corrected chi connectivity index (χ2v) is 5.42.